The van der Waals surface area contributed by atoms with E-state index in [4.69, 9.17) is 4.42 Å². The molecule has 4 heteroatoms. The highest BCUT2D eigenvalue weighted by atomic mass is 19.1. The maximum absolute atomic E-state index is 14.0. The number of rotatable bonds is 4. The zero-order valence-corrected chi connectivity index (χ0v) is 11.3. The van der Waals surface area contributed by atoms with Crippen LogP contribution in [-0.4, -0.2) is 6.54 Å². The van der Waals surface area contributed by atoms with E-state index in [1.165, 1.54) is 12.1 Å². The van der Waals surface area contributed by atoms with Crippen molar-refractivity contribution in [3.63, 3.8) is 0 Å². The number of furan rings is 1. The Bertz CT molecular complexity index is 578. The van der Waals surface area contributed by atoms with Gasteiger partial charge in [-0.15, -0.1) is 0 Å². The van der Waals surface area contributed by atoms with Crippen molar-refractivity contribution < 1.29 is 13.2 Å². The van der Waals surface area contributed by atoms with Crippen molar-refractivity contribution in [1.29, 1.82) is 0 Å². The number of nitrogens with one attached hydrogen (secondary N) is 1. The summed E-state index contributed by atoms with van der Waals surface area (Å²) in [6.45, 7) is 6.32. The van der Waals surface area contributed by atoms with Gasteiger partial charge in [-0.25, -0.2) is 8.78 Å². The molecule has 19 heavy (non-hydrogen) atoms. The normalized spacial score (nSPS) is 12.7. The fourth-order valence-electron chi connectivity index (χ4n) is 2.01. The van der Waals surface area contributed by atoms with Crippen LogP contribution in [0.5, 0.6) is 0 Å². The lowest BCUT2D eigenvalue weighted by molar-refractivity contribution is 0.441. The van der Waals surface area contributed by atoms with Gasteiger partial charge in [-0.05, 0) is 44.2 Å². The molecular weight excluding hydrogens is 248 g/mol. The Kier molecular flexibility index (Phi) is 4.00. The molecule has 0 fully saturated rings. The van der Waals surface area contributed by atoms with Gasteiger partial charge in [0, 0.05) is 0 Å². The lowest BCUT2D eigenvalue weighted by Crippen LogP contribution is -2.16. The molecule has 1 aromatic heterocycles. The molecule has 1 unspecified atom stereocenters. The first-order chi connectivity index (χ1) is 9.04. The molecule has 1 N–H and O–H groups in total. The van der Waals surface area contributed by atoms with Crippen LogP contribution in [0.2, 0.25) is 0 Å². The van der Waals surface area contributed by atoms with E-state index >= 15 is 0 Å². The lowest BCUT2D eigenvalue weighted by Gasteiger charge is -2.09. The average molecular weight is 265 g/mol. The number of aryl methyl sites for hydroxylation is 1. The summed E-state index contributed by atoms with van der Waals surface area (Å²) in [7, 11) is 0. The molecule has 0 aliphatic carbocycles. The second-order valence-electron chi connectivity index (χ2n) is 4.53. The van der Waals surface area contributed by atoms with Gasteiger partial charge in [-0.1, -0.05) is 13.0 Å². The van der Waals surface area contributed by atoms with Crippen molar-refractivity contribution in [2.75, 3.05) is 6.54 Å². The van der Waals surface area contributed by atoms with Crippen molar-refractivity contribution in [1.82, 2.24) is 5.32 Å². The predicted octanol–water partition coefficient (Wildman–Crippen LogP) is 4.20. The van der Waals surface area contributed by atoms with E-state index < -0.39 is 11.6 Å². The smallest absolute Gasteiger partial charge is 0.140 e. The lowest BCUT2D eigenvalue weighted by atomic mass is 10.1. The molecule has 0 bridgehead atoms. The summed E-state index contributed by atoms with van der Waals surface area (Å²) < 4.78 is 33.3. The summed E-state index contributed by atoms with van der Waals surface area (Å²) in [5, 5.41) is 3.19. The number of hydrogen-bond donors (Lipinski definition) is 1. The second-order valence-corrected chi connectivity index (χ2v) is 4.53. The topological polar surface area (TPSA) is 25.2 Å². The number of benzene rings is 1. The van der Waals surface area contributed by atoms with Crippen molar-refractivity contribution in [3.05, 3.63) is 47.2 Å². The molecule has 0 aliphatic rings. The molecule has 102 valence electrons. The van der Waals surface area contributed by atoms with Crippen LogP contribution >= 0.6 is 0 Å². The SMILES string of the molecule is CCNC(C)c1ccc(-c2c(F)ccc(C)c2F)o1. The first-order valence-electron chi connectivity index (χ1n) is 6.32. The third kappa shape index (κ3) is 2.68. The fraction of sp³-hybridized carbons (Fsp3) is 0.333. The number of hydrogen-bond acceptors (Lipinski definition) is 2. The Morgan fingerprint density at radius 2 is 1.95 bits per heavy atom. The average Bonchev–Trinajstić information content (AvgIpc) is 2.84. The molecule has 0 saturated heterocycles. The van der Waals surface area contributed by atoms with Crippen molar-refractivity contribution >= 4 is 0 Å². The third-order valence-corrected chi connectivity index (χ3v) is 3.09. The van der Waals surface area contributed by atoms with E-state index in [0.29, 0.717) is 11.3 Å². The highest BCUT2D eigenvalue weighted by Crippen LogP contribution is 2.31. The van der Waals surface area contributed by atoms with Crippen LogP contribution in [0.15, 0.2) is 28.7 Å². The molecule has 0 amide bonds. The van der Waals surface area contributed by atoms with E-state index in [0.717, 1.165) is 6.54 Å². The zero-order chi connectivity index (χ0) is 14.0. The minimum Gasteiger partial charge on any atom is -0.459 e. The highest BCUT2D eigenvalue weighted by Gasteiger charge is 2.18. The van der Waals surface area contributed by atoms with Crippen LogP contribution in [-0.2, 0) is 0 Å². The van der Waals surface area contributed by atoms with E-state index in [-0.39, 0.29) is 17.4 Å². The first kappa shape index (κ1) is 13.7. The van der Waals surface area contributed by atoms with Gasteiger partial charge in [-0.3, -0.25) is 0 Å². The van der Waals surface area contributed by atoms with Crippen LogP contribution in [0.1, 0.15) is 31.2 Å². The summed E-state index contributed by atoms with van der Waals surface area (Å²) in [6.07, 6.45) is 0. The third-order valence-electron chi connectivity index (χ3n) is 3.09. The van der Waals surface area contributed by atoms with E-state index in [1.807, 2.05) is 13.8 Å². The van der Waals surface area contributed by atoms with Gasteiger partial charge in [0.2, 0.25) is 0 Å². The van der Waals surface area contributed by atoms with Crippen LogP contribution in [0, 0.1) is 18.6 Å². The minimum absolute atomic E-state index is 0.00896. The van der Waals surface area contributed by atoms with Crippen molar-refractivity contribution in [2.45, 2.75) is 26.8 Å². The molecule has 0 saturated carbocycles. The Balaban J connectivity index is 2.41. The fourth-order valence-corrected chi connectivity index (χ4v) is 2.01. The van der Waals surface area contributed by atoms with Gasteiger partial charge >= 0.3 is 0 Å². The molecular formula is C15H17F2NO. The first-order valence-corrected chi connectivity index (χ1v) is 6.32. The largest absolute Gasteiger partial charge is 0.459 e. The molecule has 0 radical (unpaired) electrons. The standard InChI is InChI=1S/C15H17F2NO/c1-4-18-10(3)12-7-8-13(19-12)14-11(16)6-5-9(2)15(14)17/h5-8,10,18H,4H2,1-3H3. The molecule has 0 aliphatic heterocycles. The van der Waals surface area contributed by atoms with E-state index in [2.05, 4.69) is 5.32 Å². The van der Waals surface area contributed by atoms with Gasteiger partial charge in [0.1, 0.15) is 23.2 Å². The maximum Gasteiger partial charge on any atom is 0.140 e. The van der Waals surface area contributed by atoms with Gasteiger partial charge < -0.3 is 9.73 Å². The molecule has 1 atom stereocenters. The molecule has 0 spiro atoms. The molecule has 2 nitrogen and oxygen atoms in total. The van der Waals surface area contributed by atoms with Crippen LogP contribution in [0.3, 0.4) is 0 Å². The van der Waals surface area contributed by atoms with Gasteiger partial charge in [0.15, 0.2) is 0 Å². The Morgan fingerprint density at radius 1 is 1.21 bits per heavy atom. The monoisotopic (exact) mass is 265 g/mol. The summed E-state index contributed by atoms with van der Waals surface area (Å²) in [5.41, 5.74) is 0.295. The minimum atomic E-state index is -0.611. The number of halogens is 2. The van der Waals surface area contributed by atoms with Gasteiger partial charge in [-0.2, -0.15) is 0 Å². The van der Waals surface area contributed by atoms with Crippen LogP contribution in [0.4, 0.5) is 8.78 Å². The van der Waals surface area contributed by atoms with Crippen molar-refractivity contribution in [3.8, 4) is 11.3 Å². The van der Waals surface area contributed by atoms with Gasteiger partial charge in [0.25, 0.3) is 0 Å². The molecule has 1 heterocycles. The van der Waals surface area contributed by atoms with Crippen LogP contribution in [0.25, 0.3) is 11.3 Å². The summed E-state index contributed by atoms with van der Waals surface area (Å²) in [6, 6.07) is 6.02. The Morgan fingerprint density at radius 3 is 2.63 bits per heavy atom. The quantitative estimate of drug-likeness (QED) is 0.896. The molecule has 2 aromatic rings. The summed E-state index contributed by atoms with van der Waals surface area (Å²) in [4.78, 5) is 0. The summed E-state index contributed by atoms with van der Waals surface area (Å²) >= 11 is 0. The van der Waals surface area contributed by atoms with Crippen molar-refractivity contribution in [2.24, 2.45) is 0 Å². The zero-order valence-electron chi connectivity index (χ0n) is 11.3. The predicted molar refractivity (Wildman–Crippen MR) is 70.9 cm³/mol. The maximum atomic E-state index is 14.0. The Hall–Kier alpha value is -1.68. The molecule has 2 rings (SSSR count). The van der Waals surface area contributed by atoms with Gasteiger partial charge in [0.05, 0.1) is 11.6 Å². The van der Waals surface area contributed by atoms with Crippen LogP contribution < -0.4 is 5.32 Å². The van der Waals surface area contributed by atoms with E-state index in [9.17, 15) is 8.78 Å². The second kappa shape index (κ2) is 5.53. The summed E-state index contributed by atoms with van der Waals surface area (Å²) in [5.74, 6) is -0.298. The van der Waals surface area contributed by atoms with E-state index in [1.54, 1.807) is 19.1 Å². The Labute approximate surface area is 111 Å². The molecule has 1 aromatic carbocycles. The highest BCUT2D eigenvalue weighted by molar-refractivity contribution is 5.60.